The van der Waals surface area contributed by atoms with E-state index in [0.29, 0.717) is 18.3 Å². The van der Waals surface area contributed by atoms with Gasteiger partial charge in [-0.25, -0.2) is 0 Å². The van der Waals surface area contributed by atoms with Crippen LogP contribution in [0.25, 0.3) is 0 Å². The molecule has 0 spiro atoms. The zero-order chi connectivity index (χ0) is 17.8. The predicted molar refractivity (Wildman–Crippen MR) is 96.9 cm³/mol. The number of rotatable bonds is 5. The Hall–Kier alpha value is -2.34. The Morgan fingerprint density at radius 2 is 2.28 bits per heavy atom. The number of benzene rings is 1. The molecule has 1 fully saturated rings. The number of hydrogen-bond acceptors (Lipinski definition) is 4. The molecule has 0 saturated carbocycles. The summed E-state index contributed by atoms with van der Waals surface area (Å²) in [6.45, 7) is 4.52. The van der Waals surface area contributed by atoms with Crippen LogP contribution >= 0.6 is 0 Å². The van der Waals surface area contributed by atoms with Gasteiger partial charge in [-0.05, 0) is 49.6 Å². The Labute approximate surface area is 148 Å². The lowest BCUT2D eigenvalue weighted by atomic mass is 10.1. The maximum Gasteiger partial charge on any atom is 0.274 e. The molecule has 2 heterocycles. The molecule has 6 heteroatoms. The Morgan fingerprint density at radius 1 is 1.44 bits per heavy atom. The minimum absolute atomic E-state index is 0.0593. The van der Waals surface area contributed by atoms with E-state index < -0.39 is 0 Å². The Kier molecular flexibility index (Phi) is 5.38. The molecule has 1 atom stereocenters. The molecule has 1 aromatic carbocycles. The molecule has 2 aromatic rings. The van der Waals surface area contributed by atoms with Gasteiger partial charge in [0.1, 0.15) is 11.4 Å². The lowest BCUT2D eigenvalue weighted by Gasteiger charge is -2.23. The third-order valence-corrected chi connectivity index (χ3v) is 4.70. The number of aromatic nitrogens is 2. The van der Waals surface area contributed by atoms with Crippen LogP contribution in [0.1, 0.15) is 40.5 Å². The largest absolute Gasteiger partial charge is 0.496 e. The Morgan fingerprint density at radius 3 is 2.96 bits per heavy atom. The zero-order valence-corrected chi connectivity index (χ0v) is 15.2. The van der Waals surface area contributed by atoms with Gasteiger partial charge in [0, 0.05) is 26.3 Å². The fourth-order valence-corrected chi connectivity index (χ4v) is 3.29. The lowest BCUT2D eigenvalue weighted by Crippen LogP contribution is -2.32. The van der Waals surface area contributed by atoms with E-state index in [2.05, 4.69) is 16.5 Å². The summed E-state index contributed by atoms with van der Waals surface area (Å²) in [6.07, 6.45) is 4.16. The van der Waals surface area contributed by atoms with Crippen LogP contribution in [0, 0.1) is 6.92 Å². The van der Waals surface area contributed by atoms with Crippen LogP contribution in [0.5, 0.6) is 5.75 Å². The normalized spacial score (nSPS) is 17.3. The molecule has 1 aliphatic rings. The van der Waals surface area contributed by atoms with Gasteiger partial charge < -0.3 is 15.0 Å². The first kappa shape index (κ1) is 17.5. The molecule has 1 aromatic heterocycles. The summed E-state index contributed by atoms with van der Waals surface area (Å²) in [6, 6.07) is 8.13. The van der Waals surface area contributed by atoms with Crippen molar-refractivity contribution >= 4 is 5.91 Å². The van der Waals surface area contributed by atoms with E-state index >= 15 is 0 Å². The van der Waals surface area contributed by atoms with Crippen molar-refractivity contribution in [1.29, 1.82) is 0 Å². The minimum Gasteiger partial charge on any atom is -0.496 e. The first-order valence-corrected chi connectivity index (χ1v) is 8.73. The molecule has 3 rings (SSSR count). The highest BCUT2D eigenvalue weighted by Crippen LogP contribution is 2.20. The summed E-state index contributed by atoms with van der Waals surface area (Å²) in [5.74, 6) is 0.800. The third-order valence-electron chi connectivity index (χ3n) is 4.70. The van der Waals surface area contributed by atoms with Crippen LogP contribution in [0.15, 0.2) is 30.5 Å². The molecule has 0 aliphatic carbocycles. The highest BCUT2D eigenvalue weighted by molar-refractivity contribution is 5.92. The van der Waals surface area contributed by atoms with E-state index in [1.807, 2.05) is 43.0 Å². The number of methoxy groups -OCH3 is 1. The fourth-order valence-electron chi connectivity index (χ4n) is 3.29. The molecule has 25 heavy (non-hydrogen) atoms. The Bertz CT molecular complexity index is 735. The predicted octanol–water partition coefficient (Wildman–Crippen LogP) is 2.40. The number of hydrogen-bond donors (Lipinski definition) is 1. The van der Waals surface area contributed by atoms with Crippen molar-refractivity contribution in [3.05, 3.63) is 47.3 Å². The number of carbonyl (C=O) groups excluding carboxylic acids is 1. The fraction of sp³-hybridized carbons (Fsp3) is 0.474. The van der Waals surface area contributed by atoms with E-state index in [9.17, 15) is 4.79 Å². The molecule has 1 N–H and O–H groups in total. The van der Waals surface area contributed by atoms with Crippen molar-refractivity contribution in [2.75, 3.05) is 27.2 Å². The van der Waals surface area contributed by atoms with Gasteiger partial charge >= 0.3 is 0 Å². The van der Waals surface area contributed by atoms with Crippen LogP contribution in [-0.4, -0.2) is 47.8 Å². The quantitative estimate of drug-likeness (QED) is 0.906. The summed E-state index contributed by atoms with van der Waals surface area (Å²) < 4.78 is 7.21. The molecule has 6 nitrogen and oxygen atoms in total. The summed E-state index contributed by atoms with van der Waals surface area (Å²) in [4.78, 5) is 14.4. The smallest absolute Gasteiger partial charge is 0.274 e. The standard InChI is InChI=1S/C19H26N4O2/c1-14-11-15(6-7-18(14)25-3)13-22(2)19(24)17-8-10-23(21-17)16-5-4-9-20-12-16/h6-8,10-11,16,20H,4-5,9,12-13H2,1-3H3. The summed E-state index contributed by atoms with van der Waals surface area (Å²) in [7, 11) is 3.47. The molecule has 1 unspecified atom stereocenters. The third kappa shape index (κ3) is 4.02. The molecule has 1 aliphatic heterocycles. The topological polar surface area (TPSA) is 59.4 Å². The number of nitrogens with zero attached hydrogens (tertiary/aromatic N) is 3. The van der Waals surface area contributed by atoms with Crippen molar-refractivity contribution in [3.8, 4) is 5.75 Å². The van der Waals surface area contributed by atoms with E-state index in [-0.39, 0.29) is 5.91 Å². The number of piperidine rings is 1. The van der Waals surface area contributed by atoms with Gasteiger partial charge in [0.2, 0.25) is 0 Å². The van der Waals surface area contributed by atoms with E-state index in [1.54, 1.807) is 12.0 Å². The van der Waals surface area contributed by atoms with Gasteiger partial charge in [0.05, 0.1) is 13.2 Å². The monoisotopic (exact) mass is 342 g/mol. The second-order valence-corrected chi connectivity index (χ2v) is 6.65. The van der Waals surface area contributed by atoms with Crippen molar-refractivity contribution in [3.63, 3.8) is 0 Å². The lowest BCUT2D eigenvalue weighted by molar-refractivity contribution is 0.0777. The number of nitrogens with one attached hydrogen (secondary N) is 1. The van der Waals surface area contributed by atoms with Crippen LogP contribution in [-0.2, 0) is 6.54 Å². The van der Waals surface area contributed by atoms with Crippen molar-refractivity contribution < 1.29 is 9.53 Å². The zero-order valence-electron chi connectivity index (χ0n) is 15.2. The van der Waals surface area contributed by atoms with Crippen molar-refractivity contribution in [2.45, 2.75) is 32.4 Å². The maximum atomic E-state index is 12.7. The summed E-state index contributed by atoms with van der Waals surface area (Å²) >= 11 is 0. The number of amides is 1. The second-order valence-electron chi connectivity index (χ2n) is 6.65. The first-order chi connectivity index (χ1) is 12.1. The van der Waals surface area contributed by atoms with Gasteiger partial charge in [-0.15, -0.1) is 0 Å². The average molecular weight is 342 g/mol. The Balaban J connectivity index is 1.66. The molecule has 0 radical (unpaired) electrons. The van der Waals surface area contributed by atoms with E-state index in [4.69, 9.17) is 4.74 Å². The molecule has 1 saturated heterocycles. The number of ether oxygens (including phenoxy) is 1. The van der Waals surface area contributed by atoms with Crippen molar-refractivity contribution in [2.24, 2.45) is 0 Å². The van der Waals surface area contributed by atoms with Gasteiger partial charge in [0.25, 0.3) is 5.91 Å². The van der Waals surface area contributed by atoms with Crippen molar-refractivity contribution in [1.82, 2.24) is 20.0 Å². The van der Waals surface area contributed by atoms with Gasteiger partial charge in [-0.2, -0.15) is 5.10 Å². The number of aryl methyl sites for hydroxylation is 1. The SMILES string of the molecule is COc1ccc(CN(C)C(=O)c2ccn(C3CCCNC3)n2)cc1C. The van der Waals surface area contributed by atoms with Crippen LogP contribution in [0.3, 0.4) is 0 Å². The highest BCUT2D eigenvalue weighted by Gasteiger charge is 2.19. The van der Waals surface area contributed by atoms with Crippen LogP contribution in [0.2, 0.25) is 0 Å². The summed E-state index contributed by atoms with van der Waals surface area (Å²) in [5, 5.41) is 7.88. The maximum absolute atomic E-state index is 12.7. The molecule has 1 amide bonds. The summed E-state index contributed by atoms with van der Waals surface area (Å²) in [5.41, 5.74) is 2.64. The molecule has 0 bridgehead atoms. The number of carbonyl (C=O) groups is 1. The second kappa shape index (κ2) is 7.70. The van der Waals surface area contributed by atoms with Crippen LogP contribution in [0.4, 0.5) is 0 Å². The molecular formula is C19H26N4O2. The van der Waals surface area contributed by atoms with Gasteiger partial charge in [-0.3, -0.25) is 9.48 Å². The van der Waals surface area contributed by atoms with E-state index in [0.717, 1.165) is 42.8 Å². The van der Waals surface area contributed by atoms with Gasteiger partial charge in [0.15, 0.2) is 0 Å². The average Bonchev–Trinajstić information content (AvgIpc) is 3.12. The minimum atomic E-state index is -0.0593. The van der Waals surface area contributed by atoms with E-state index in [1.165, 1.54) is 0 Å². The highest BCUT2D eigenvalue weighted by atomic mass is 16.5. The molecule has 134 valence electrons. The first-order valence-electron chi connectivity index (χ1n) is 8.73. The molecular weight excluding hydrogens is 316 g/mol. The van der Waals surface area contributed by atoms with Gasteiger partial charge in [-0.1, -0.05) is 12.1 Å². The van der Waals surface area contributed by atoms with Crippen LogP contribution < -0.4 is 10.1 Å².